The summed E-state index contributed by atoms with van der Waals surface area (Å²) in [5.74, 6) is -2.93. The van der Waals surface area contributed by atoms with Crippen LogP contribution in [0.25, 0.3) is 0 Å². The molecule has 1 heterocycles. The van der Waals surface area contributed by atoms with Gasteiger partial charge in [0, 0.05) is 11.8 Å². The highest BCUT2D eigenvalue weighted by atomic mass is 32.2. The third-order valence-electron chi connectivity index (χ3n) is 6.91. The molecule has 3 fully saturated rings. The molecule has 0 aromatic rings. The summed E-state index contributed by atoms with van der Waals surface area (Å²) in [7, 11) is -5.76. The summed E-state index contributed by atoms with van der Waals surface area (Å²) in [6.45, 7) is 3.49. The summed E-state index contributed by atoms with van der Waals surface area (Å²) in [5, 5.41) is 6.38. The first-order valence-electron chi connectivity index (χ1n) is 9.87. The smallest absolute Gasteiger partial charge is 0.405 e. The molecule has 9 nitrogen and oxygen atoms in total. The van der Waals surface area contributed by atoms with Gasteiger partial charge in [0.25, 0.3) is 0 Å². The number of esters is 2. The van der Waals surface area contributed by atoms with Gasteiger partial charge in [-0.3, -0.25) is 9.35 Å². The minimum absolute atomic E-state index is 0.152. The van der Waals surface area contributed by atoms with Crippen molar-refractivity contribution in [2.75, 3.05) is 6.61 Å². The molecule has 2 N–H and O–H groups in total. The number of carbonyl (C=O) groups excluding carboxylic acids is 2. The second-order valence-electron chi connectivity index (χ2n) is 8.27. The number of carbonyl (C=O) groups is 2. The Morgan fingerprint density at radius 2 is 1.90 bits per heavy atom. The van der Waals surface area contributed by atoms with Gasteiger partial charge in [0.15, 0.2) is 6.10 Å². The molecule has 1 aliphatic heterocycles. The van der Waals surface area contributed by atoms with Crippen molar-refractivity contribution in [3.05, 3.63) is 0 Å². The van der Waals surface area contributed by atoms with Crippen molar-refractivity contribution in [2.45, 2.75) is 69.2 Å². The molecule has 0 amide bonds. The van der Waals surface area contributed by atoms with E-state index in [1.165, 1.54) is 0 Å². The fraction of sp³-hybridized carbons (Fsp3) is 0.889. The minimum atomic E-state index is -5.76. The van der Waals surface area contributed by atoms with Crippen LogP contribution in [0.2, 0.25) is 0 Å². The lowest BCUT2D eigenvalue weighted by molar-refractivity contribution is -0.172. The molecule has 3 aliphatic rings. The van der Waals surface area contributed by atoms with Gasteiger partial charge in [-0.25, -0.2) is 4.79 Å². The molecule has 7 atom stereocenters. The first-order chi connectivity index (χ1) is 13.8. The summed E-state index contributed by atoms with van der Waals surface area (Å²) in [5.41, 5.74) is -1.10. The number of halogens is 2. The lowest BCUT2D eigenvalue weighted by atomic mass is 9.67. The molecule has 2 aliphatic carbocycles. The van der Waals surface area contributed by atoms with E-state index in [1.54, 1.807) is 0 Å². The normalized spacial score (nSPS) is 34.2. The molecule has 0 spiro atoms. The summed E-state index contributed by atoms with van der Waals surface area (Å²) in [6.07, 6.45) is -2.32. The van der Waals surface area contributed by atoms with Crippen molar-refractivity contribution in [2.24, 2.45) is 23.7 Å². The third-order valence-corrected chi connectivity index (χ3v) is 7.93. The first-order valence-corrected chi connectivity index (χ1v) is 11.3. The zero-order valence-corrected chi connectivity index (χ0v) is 17.6. The molecule has 2 bridgehead atoms. The van der Waals surface area contributed by atoms with Gasteiger partial charge in [-0.2, -0.15) is 17.2 Å². The predicted molar refractivity (Wildman–Crippen MR) is 95.8 cm³/mol. The Hall–Kier alpha value is -1.37. The van der Waals surface area contributed by atoms with E-state index in [-0.39, 0.29) is 11.8 Å². The highest BCUT2D eigenvalue weighted by molar-refractivity contribution is 7.86. The molecule has 3 rings (SSSR count). The second kappa shape index (κ2) is 7.64. The molecule has 0 radical (unpaired) electrons. The Kier molecular flexibility index (Phi) is 5.94. The predicted octanol–water partition coefficient (Wildman–Crippen LogP) is 1.14. The first kappa shape index (κ1) is 23.3. The Balaban J connectivity index is 1.68. The van der Waals surface area contributed by atoms with E-state index in [0.717, 1.165) is 0 Å². The summed E-state index contributed by atoms with van der Waals surface area (Å²) in [4.78, 5) is 24.3. The standard InChI is InChI=1S/C18H26F2O9S/c1-4-17(23,5-2)13-10-6-9-12(13)16(22)29-15(9)14(10)27-7-11(21)28-8(3)18(19,20)30(24,25)26/h8-10,12-15,23H,4-7H2,1-3H3,(H,24,25,26). The van der Waals surface area contributed by atoms with Gasteiger partial charge in [-0.1, -0.05) is 13.8 Å². The van der Waals surface area contributed by atoms with Crippen molar-refractivity contribution in [1.29, 1.82) is 0 Å². The van der Waals surface area contributed by atoms with Gasteiger partial charge in [0.1, 0.15) is 12.7 Å². The molecule has 30 heavy (non-hydrogen) atoms. The quantitative estimate of drug-likeness (QED) is 0.387. The monoisotopic (exact) mass is 456 g/mol. The average Bonchev–Trinajstić information content (AvgIpc) is 3.27. The molecule has 0 aromatic heterocycles. The summed E-state index contributed by atoms with van der Waals surface area (Å²) >= 11 is 0. The van der Waals surface area contributed by atoms with Crippen LogP contribution < -0.4 is 0 Å². The van der Waals surface area contributed by atoms with Crippen molar-refractivity contribution in [3.8, 4) is 0 Å². The lowest BCUT2D eigenvalue weighted by Crippen LogP contribution is -2.50. The Labute approximate surface area is 172 Å². The van der Waals surface area contributed by atoms with E-state index in [0.29, 0.717) is 26.2 Å². The van der Waals surface area contributed by atoms with E-state index in [2.05, 4.69) is 4.74 Å². The van der Waals surface area contributed by atoms with Crippen LogP contribution in [0, 0.1) is 23.7 Å². The molecule has 0 aromatic carbocycles. The van der Waals surface area contributed by atoms with Crippen molar-refractivity contribution in [1.82, 2.24) is 0 Å². The Morgan fingerprint density at radius 1 is 1.30 bits per heavy atom. The molecule has 172 valence electrons. The van der Waals surface area contributed by atoms with Gasteiger partial charge in [0.05, 0.1) is 17.6 Å². The van der Waals surface area contributed by atoms with Crippen LogP contribution >= 0.6 is 0 Å². The average molecular weight is 456 g/mol. The maximum atomic E-state index is 13.5. The zero-order valence-electron chi connectivity index (χ0n) is 16.8. The number of alkyl halides is 2. The van der Waals surface area contributed by atoms with Crippen LogP contribution in [0.1, 0.15) is 40.0 Å². The maximum Gasteiger partial charge on any atom is 0.405 e. The highest BCUT2D eigenvalue weighted by Gasteiger charge is 2.70. The van der Waals surface area contributed by atoms with E-state index in [4.69, 9.17) is 14.0 Å². The lowest BCUT2D eigenvalue weighted by Gasteiger charge is -2.41. The van der Waals surface area contributed by atoms with Gasteiger partial charge >= 0.3 is 27.3 Å². The van der Waals surface area contributed by atoms with E-state index < -0.39 is 69.7 Å². The van der Waals surface area contributed by atoms with Crippen LogP contribution in [0.15, 0.2) is 0 Å². The fourth-order valence-electron chi connectivity index (χ4n) is 5.34. The van der Waals surface area contributed by atoms with Crippen molar-refractivity contribution in [3.63, 3.8) is 0 Å². The molecule has 12 heteroatoms. The Bertz CT molecular complexity index is 810. The number of ether oxygens (including phenoxy) is 3. The van der Waals surface area contributed by atoms with Gasteiger partial charge < -0.3 is 19.3 Å². The number of hydrogen-bond donors (Lipinski definition) is 2. The molecular weight excluding hydrogens is 430 g/mol. The Morgan fingerprint density at radius 3 is 2.43 bits per heavy atom. The zero-order chi connectivity index (χ0) is 22.6. The molecule has 2 saturated carbocycles. The van der Waals surface area contributed by atoms with E-state index in [9.17, 15) is 31.9 Å². The van der Waals surface area contributed by atoms with E-state index in [1.807, 2.05) is 13.8 Å². The molecule has 7 unspecified atom stereocenters. The third kappa shape index (κ3) is 3.51. The maximum absolute atomic E-state index is 13.5. The highest BCUT2D eigenvalue weighted by Crippen LogP contribution is 2.62. The van der Waals surface area contributed by atoms with E-state index >= 15 is 0 Å². The van der Waals surface area contributed by atoms with Gasteiger partial charge in [-0.15, -0.1) is 0 Å². The molecule has 1 saturated heterocycles. The van der Waals surface area contributed by atoms with Gasteiger partial charge in [-0.05, 0) is 32.1 Å². The molecular formula is C18H26F2O9S. The van der Waals surface area contributed by atoms with Crippen LogP contribution in [0.4, 0.5) is 8.78 Å². The SMILES string of the molecule is CCC(O)(CC)C1C2CC3C(OC(=O)C31)C2OCC(=O)OC(C)C(F)(F)S(=O)(=O)O. The van der Waals surface area contributed by atoms with Crippen molar-refractivity contribution >= 4 is 22.1 Å². The number of fused-ring (bicyclic) bond motifs is 1. The number of hydrogen-bond acceptors (Lipinski definition) is 8. The van der Waals surface area contributed by atoms with Crippen LogP contribution in [0.5, 0.6) is 0 Å². The fourth-order valence-corrected chi connectivity index (χ4v) is 5.81. The van der Waals surface area contributed by atoms with Crippen molar-refractivity contribution < 1.29 is 50.7 Å². The van der Waals surface area contributed by atoms with Crippen LogP contribution in [0.3, 0.4) is 0 Å². The van der Waals surface area contributed by atoms with Gasteiger partial charge in [0.2, 0.25) is 0 Å². The summed E-state index contributed by atoms with van der Waals surface area (Å²) < 4.78 is 72.5. The largest absolute Gasteiger partial charge is 0.459 e. The number of rotatable bonds is 9. The minimum Gasteiger partial charge on any atom is -0.459 e. The topological polar surface area (TPSA) is 136 Å². The van der Waals surface area contributed by atoms with Crippen LogP contribution in [-0.2, 0) is 33.9 Å². The summed E-state index contributed by atoms with van der Waals surface area (Å²) in [6, 6.07) is 0. The van der Waals surface area contributed by atoms with Crippen LogP contribution in [-0.4, -0.2) is 65.8 Å². The number of aliphatic hydroxyl groups is 1. The second-order valence-corrected chi connectivity index (χ2v) is 9.77.